The van der Waals surface area contributed by atoms with Gasteiger partial charge in [-0.15, -0.1) is 0 Å². The summed E-state index contributed by atoms with van der Waals surface area (Å²) in [6, 6.07) is 6.76. The Labute approximate surface area is 115 Å². The summed E-state index contributed by atoms with van der Waals surface area (Å²) in [6.07, 6.45) is 1.48. The molecule has 20 heavy (non-hydrogen) atoms. The van der Waals surface area contributed by atoms with Crippen molar-refractivity contribution in [2.45, 2.75) is 0 Å². The smallest absolute Gasteiger partial charge is 0.328 e. The third-order valence-electron chi connectivity index (χ3n) is 2.32. The van der Waals surface area contributed by atoms with Crippen LogP contribution in [0.4, 0.5) is 5.69 Å². The van der Waals surface area contributed by atoms with Gasteiger partial charge in [0.2, 0.25) is 0 Å². The number of carboxylic acids is 1. The molecule has 3 N–H and O–H groups in total. The second kappa shape index (κ2) is 6.93. The fraction of sp³-hybridized carbons (Fsp3) is 0.154. The van der Waals surface area contributed by atoms with Crippen molar-refractivity contribution < 1.29 is 19.5 Å². The molecule has 0 heterocycles. The summed E-state index contributed by atoms with van der Waals surface area (Å²) < 4.78 is 0. The maximum atomic E-state index is 11.7. The summed E-state index contributed by atoms with van der Waals surface area (Å²) in [6.45, 7) is 0. The number of carbonyl (C=O) groups is 3. The molecular formula is C13H15N3O4. The van der Waals surface area contributed by atoms with Crippen molar-refractivity contribution in [1.29, 1.82) is 0 Å². The molecule has 1 rings (SSSR count). The zero-order chi connectivity index (χ0) is 15.1. The van der Waals surface area contributed by atoms with E-state index in [0.717, 1.165) is 11.8 Å². The van der Waals surface area contributed by atoms with Crippen LogP contribution in [-0.4, -0.2) is 37.0 Å². The second-order valence-electron chi connectivity index (χ2n) is 4.06. The molecule has 7 nitrogen and oxygen atoms in total. The summed E-state index contributed by atoms with van der Waals surface area (Å²) in [5, 5.41) is 8.33. The lowest BCUT2D eigenvalue weighted by Crippen LogP contribution is -2.40. The summed E-state index contributed by atoms with van der Waals surface area (Å²) in [5.41, 5.74) is 5.56. The van der Waals surface area contributed by atoms with E-state index in [2.05, 4.69) is 10.9 Å². The first-order valence-corrected chi connectivity index (χ1v) is 5.69. The van der Waals surface area contributed by atoms with E-state index in [0.29, 0.717) is 11.6 Å². The lowest BCUT2D eigenvalue weighted by Gasteiger charge is -2.12. The van der Waals surface area contributed by atoms with Gasteiger partial charge in [0.1, 0.15) is 0 Å². The van der Waals surface area contributed by atoms with Gasteiger partial charge in [0.25, 0.3) is 11.8 Å². The van der Waals surface area contributed by atoms with Crippen LogP contribution in [-0.2, 0) is 9.59 Å². The Balaban J connectivity index is 2.55. The van der Waals surface area contributed by atoms with Gasteiger partial charge in [-0.2, -0.15) is 0 Å². The van der Waals surface area contributed by atoms with E-state index < -0.39 is 17.8 Å². The quantitative estimate of drug-likeness (QED) is 0.537. The molecule has 0 bridgehead atoms. The molecule has 0 spiro atoms. The first-order chi connectivity index (χ1) is 9.40. The number of carboxylic acid groups (broad SMARTS) is 1. The number of hydrazine groups is 1. The van der Waals surface area contributed by atoms with Gasteiger partial charge in [0.05, 0.1) is 0 Å². The molecule has 0 aromatic heterocycles. The van der Waals surface area contributed by atoms with Crippen molar-refractivity contribution >= 4 is 23.5 Å². The Kier molecular flexibility index (Phi) is 5.28. The van der Waals surface area contributed by atoms with Gasteiger partial charge in [-0.25, -0.2) is 4.79 Å². The molecule has 0 aliphatic rings. The number of carbonyl (C=O) groups excluding carboxylic acids is 2. The topological polar surface area (TPSA) is 98.7 Å². The minimum Gasteiger partial charge on any atom is -0.478 e. The van der Waals surface area contributed by atoms with Gasteiger partial charge in [-0.1, -0.05) is 0 Å². The number of amides is 2. The van der Waals surface area contributed by atoms with E-state index in [1.807, 2.05) is 19.0 Å². The maximum Gasteiger partial charge on any atom is 0.328 e. The molecule has 0 fully saturated rings. The Hall–Kier alpha value is -2.83. The van der Waals surface area contributed by atoms with Crippen molar-refractivity contribution in [2.24, 2.45) is 0 Å². The third-order valence-corrected chi connectivity index (χ3v) is 2.32. The molecular weight excluding hydrogens is 262 g/mol. The van der Waals surface area contributed by atoms with Crippen LogP contribution in [0.25, 0.3) is 0 Å². The standard InChI is InChI=1S/C13H15N3O4/c1-16(2)10-5-3-9(4-6-10)13(20)15-14-11(17)7-8-12(18)19/h3-8H,1-2H3,(H,14,17)(H,15,20)(H,18,19)/b8-7+. The van der Waals surface area contributed by atoms with Gasteiger partial charge in [0.15, 0.2) is 0 Å². The second-order valence-corrected chi connectivity index (χ2v) is 4.06. The fourth-order valence-corrected chi connectivity index (χ4v) is 1.29. The van der Waals surface area contributed by atoms with Crippen LogP contribution in [0.15, 0.2) is 36.4 Å². The van der Waals surface area contributed by atoms with Crippen LogP contribution >= 0.6 is 0 Å². The van der Waals surface area contributed by atoms with Gasteiger partial charge in [0, 0.05) is 37.5 Å². The molecule has 0 aliphatic heterocycles. The highest BCUT2D eigenvalue weighted by Crippen LogP contribution is 2.11. The number of nitrogens with one attached hydrogen (secondary N) is 2. The molecule has 7 heteroatoms. The van der Waals surface area contributed by atoms with E-state index in [1.54, 1.807) is 24.3 Å². The van der Waals surface area contributed by atoms with Crippen LogP contribution < -0.4 is 15.8 Å². The Bertz CT molecular complexity index is 535. The predicted molar refractivity (Wildman–Crippen MR) is 73.2 cm³/mol. The first-order valence-electron chi connectivity index (χ1n) is 5.69. The molecule has 1 aromatic carbocycles. The monoisotopic (exact) mass is 277 g/mol. The molecule has 0 radical (unpaired) electrons. The lowest BCUT2D eigenvalue weighted by molar-refractivity contribution is -0.131. The largest absolute Gasteiger partial charge is 0.478 e. The van der Waals surface area contributed by atoms with E-state index >= 15 is 0 Å². The van der Waals surface area contributed by atoms with Crippen molar-refractivity contribution in [3.8, 4) is 0 Å². The first kappa shape index (κ1) is 15.2. The highest BCUT2D eigenvalue weighted by Gasteiger charge is 2.06. The molecule has 0 unspecified atom stereocenters. The normalized spacial score (nSPS) is 10.1. The summed E-state index contributed by atoms with van der Waals surface area (Å²) in [7, 11) is 3.76. The van der Waals surface area contributed by atoms with E-state index in [4.69, 9.17) is 5.11 Å². The highest BCUT2D eigenvalue weighted by atomic mass is 16.4. The maximum absolute atomic E-state index is 11.7. The predicted octanol–water partition coefficient (Wildman–Crippen LogP) is 0.154. The number of nitrogens with zero attached hydrogens (tertiary/aromatic N) is 1. The molecule has 0 saturated carbocycles. The van der Waals surface area contributed by atoms with Crippen molar-refractivity contribution in [1.82, 2.24) is 10.9 Å². The summed E-state index contributed by atoms with van der Waals surface area (Å²) in [4.78, 5) is 34.9. The molecule has 0 atom stereocenters. The van der Waals surface area contributed by atoms with Crippen LogP contribution in [0.5, 0.6) is 0 Å². The van der Waals surface area contributed by atoms with Crippen LogP contribution in [0.3, 0.4) is 0 Å². The van der Waals surface area contributed by atoms with Gasteiger partial charge in [-0.3, -0.25) is 20.4 Å². The number of hydrogen-bond donors (Lipinski definition) is 3. The lowest BCUT2D eigenvalue weighted by atomic mass is 10.2. The molecule has 0 saturated heterocycles. The van der Waals surface area contributed by atoms with E-state index in [-0.39, 0.29) is 0 Å². The van der Waals surface area contributed by atoms with Crippen LogP contribution in [0.1, 0.15) is 10.4 Å². The third kappa shape index (κ3) is 4.81. The number of anilines is 1. The van der Waals surface area contributed by atoms with Crippen molar-refractivity contribution in [3.63, 3.8) is 0 Å². The van der Waals surface area contributed by atoms with Crippen LogP contribution in [0, 0.1) is 0 Å². The highest BCUT2D eigenvalue weighted by molar-refractivity contribution is 5.98. The van der Waals surface area contributed by atoms with Gasteiger partial charge >= 0.3 is 5.97 Å². The average Bonchev–Trinajstić information content (AvgIpc) is 2.42. The summed E-state index contributed by atoms with van der Waals surface area (Å²) in [5.74, 6) is -2.47. The number of hydrogen-bond acceptors (Lipinski definition) is 4. The minimum absolute atomic E-state index is 0.373. The Morgan fingerprint density at radius 3 is 2.15 bits per heavy atom. The Morgan fingerprint density at radius 2 is 1.65 bits per heavy atom. The molecule has 0 aliphatic carbocycles. The van der Waals surface area contributed by atoms with Gasteiger partial charge in [-0.05, 0) is 24.3 Å². The Morgan fingerprint density at radius 1 is 1.05 bits per heavy atom. The molecule has 1 aromatic rings. The van der Waals surface area contributed by atoms with E-state index in [9.17, 15) is 14.4 Å². The number of aliphatic carboxylic acids is 1. The molecule has 106 valence electrons. The zero-order valence-electron chi connectivity index (χ0n) is 11.1. The fourth-order valence-electron chi connectivity index (χ4n) is 1.29. The van der Waals surface area contributed by atoms with Crippen LogP contribution in [0.2, 0.25) is 0 Å². The molecule has 2 amide bonds. The number of benzene rings is 1. The summed E-state index contributed by atoms with van der Waals surface area (Å²) >= 11 is 0. The SMILES string of the molecule is CN(C)c1ccc(C(=O)NNC(=O)/C=C/C(=O)O)cc1. The minimum atomic E-state index is -1.24. The van der Waals surface area contributed by atoms with E-state index in [1.165, 1.54) is 0 Å². The number of rotatable bonds is 4. The van der Waals surface area contributed by atoms with Gasteiger partial charge < -0.3 is 10.0 Å². The average molecular weight is 277 g/mol. The zero-order valence-corrected chi connectivity index (χ0v) is 11.1. The van der Waals surface area contributed by atoms with Crippen molar-refractivity contribution in [3.05, 3.63) is 42.0 Å². The van der Waals surface area contributed by atoms with Crippen molar-refractivity contribution in [2.75, 3.05) is 19.0 Å².